The van der Waals surface area contributed by atoms with Gasteiger partial charge in [-0.2, -0.15) is 0 Å². The fourth-order valence-corrected chi connectivity index (χ4v) is 3.56. The SMILES string of the molecule is CCOC(=O)C(CNC(=O)CCCN1C(=O)c2ccccc2C1=O)Cc1ccccc1. The highest BCUT2D eigenvalue weighted by molar-refractivity contribution is 6.21. The molecule has 162 valence electrons. The number of esters is 1. The van der Waals surface area contributed by atoms with Crippen LogP contribution in [0.2, 0.25) is 0 Å². The van der Waals surface area contributed by atoms with Crippen LogP contribution in [-0.2, 0) is 20.7 Å². The summed E-state index contributed by atoms with van der Waals surface area (Å²) in [5.74, 6) is -1.73. The number of nitrogens with one attached hydrogen (secondary N) is 1. The van der Waals surface area contributed by atoms with Gasteiger partial charge in [-0.25, -0.2) is 0 Å². The van der Waals surface area contributed by atoms with Gasteiger partial charge < -0.3 is 10.1 Å². The van der Waals surface area contributed by atoms with Crippen molar-refractivity contribution in [3.05, 3.63) is 71.3 Å². The molecule has 2 aromatic carbocycles. The molecule has 0 saturated heterocycles. The summed E-state index contributed by atoms with van der Waals surface area (Å²) in [4.78, 5) is 50.5. The number of benzene rings is 2. The van der Waals surface area contributed by atoms with Crippen LogP contribution in [0, 0.1) is 5.92 Å². The lowest BCUT2D eigenvalue weighted by Gasteiger charge is -2.17. The summed E-state index contributed by atoms with van der Waals surface area (Å²) < 4.78 is 5.14. The molecule has 2 aromatic rings. The highest BCUT2D eigenvalue weighted by Gasteiger charge is 2.34. The van der Waals surface area contributed by atoms with E-state index in [9.17, 15) is 19.2 Å². The number of fused-ring (bicyclic) bond motifs is 1. The molecule has 1 aliphatic rings. The van der Waals surface area contributed by atoms with Crippen molar-refractivity contribution >= 4 is 23.7 Å². The maximum Gasteiger partial charge on any atom is 0.311 e. The van der Waals surface area contributed by atoms with E-state index >= 15 is 0 Å². The molecule has 7 heteroatoms. The van der Waals surface area contributed by atoms with E-state index in [0.29, 0.717) is 24.0 Å². The molecule has 0 aromatic heterocycles. The molecule has 0 saturated carbocycles. The molecular weight excluding hydrogens is 396 g/mol. The molecule has 1 aliphatic heterocycles. The Morgan fingerprint density at radius 3 is 2.19 bits per heavy atom. The highest BCUT2D eigenvalue weighted by Crippen LogP contribution is 2.22. The molecule has 0 fully saturated rings. The molecule has 1 atom stereocenters. The van der Waals surface area contributed by atoms with Crippen molar-refractivity contribution in [3.8, 4) is 0 Å². The third-order valence-electron chi connectivity index (χ3n) is 5.15. The summed E-state index contributed by atoms with van der Waals surface area (Å²) in [6.45, 7) is 2.36. The molecule has 0 aliphatic carbocycles. The molecule has 31 heavy (non-hydrogen) atoms. The van der Waals surface area contributed by atoms with Gasteiger partial charge in [0, 0.05) is 19.5 Å². The molecule has 7 nitrogen and oxygen atoms in total. The van der Waals surface area contributed by atoms with Gasteiger partial charge in [0.05, 0.1) is 23.7 Å². The number of imide groups is 1. The predicted octanol–water partition coefficient (Wildman–Crippen LogP) is 2.60. The predicted molar refractivity (Wildman–Crippen MR) is 114 cm³/mol. The van der Waals surface area contributed by atoms with Gasteiger partial charge in [0.2, 0.25) is 5.91 Å². The largest absolute Gasteiger partial charge is 0.466 e. The van der Waals surface area contributed by atoms with Crippen LogP contribution in [0.25, 0.3) is 0 Å². The minimum absolute atomic E-state index is 0.147. The highest BCUT2D eigenvalue weighted by atomic mass is 16.5. The molecule has 1 unspecified atom stereocenters. The zero-order valence-corrected chi connectivity index (χ0v) is 17.5. The maximum atomic E-state index is 12.4. The van der Waals surface area contributed by atoms with E-state index in [2.05, 4.69) is 5.32 Å². The number of ether oxygens (including phenoxy) is 1. The smallest absolute Gasteiger partial charge is 0.311 e. The molecule has 0 radical (unpaired) electrons. The topological polar surface area (TPSA) is 92.8 Å². The normalized spacial score (nSPS) is 13.6. The maximum absolute atomic E-state index is 12.4. The number of rotatable bonds is 10. The summed E-state index contributed by atoms with van der Waals surface area (Å²) in [6, 6.07) is 16.2. The van der Waals surface area contributed by atoms with Gasteiger partial charge in [-0.05, 0) is 37.5 Å². The van der Waals surface area contributed by atoms with Crippen molar-refractivity contribution in [2.45, 2.75) is 26.2 Å². The number of carbonyl (C=O) groups is 4. The molecule has 3 rings (SSSR count). The quantitative estimate of drug-likeness (QED) is 0.469. The Balaban J connectivity index is 1.47. The summed E-state index contributed by atoms with van der Waals surface area (Å²) in [6.07, 6.45) is 0.962. The second-order valence-corrected chi connectivity index (χ2v) is 7.35. The van der Waals surface area contributed by atoms with E-state index in [1.807, 2.05) is 30.3 Å². The van der Waals surface area contributed by atoms with Crippen molar-refractivity contribution in [2.75, 3.05) is 19.7 Å². The zero-order valence-electron chi connectivity index (χ0n) is 17.5. The number of nitrogens with zero attached hydrogens (tertiary/aromatic N) is 1. The number of hydrogen-bond donors (Lipinski definition) is 1. The van der Waals surface area contributed by atoms with Crippen molar-refractivity contribution in [2.24, 2.45) is 5.92 Å². The first-order chi connectivity index (χ1) is 15.0. The van der Waals surface area contributed by atoms with Crippen LogP contribution >= 0.6 is 0 Å². The van der Waals surface area contributed by atoms with Gasteiger partial charge in [0.15, 0.2) is 0 Å². The van der Waals surface area contributed by atoms with E-state index in [0.717, 1.165) is 5.56 Å². The standard InChI is InChI=1S/C24H26N2O5/c1-2-31-24(30)18(15-17-9-4-3-5-10-17)16-25-21(27)13-8-14-26-22(28)19-11-6-7-12-20(19)23(26)29/h3-7,9-12,18H,2,8,13-16H2,1H3,(H,25,27). The summed E-state index contributed by atoms with van der Waals surface area (Å²) >= 11 is 0. The van der Waals surface area contributed by atoms with Gasteiger partial charge in [0.25, 0.3) is 11.8 Å². The third-order valence-corrected chi connectivity index (χ3v) is 5.15. The fourth-order valence-electron chi connectivity index (χ4n) is 3.56. The molecular formula is C24H26N2O5. The average Bonchev–Trinajstić information content (AvgIpc) is 3.02. The third kappa shape index (κ3) is 5.57. The van der Waals surface area contributed by atoms with E-state index in [-0.39, 0.29) is 49.8 Å². The first-order valence-corrected chi connectivity index (χ1v) is 10.4. The van der Waals surface area contributed by atoms with Crippen LogP contribution in [0.3, 0.4) is 0 Å². The molecule has 3 amide bonds. The summed E-state index contributed by atoms with van der Waals surface area (Å²) in [5.41, 5.74) is 1.78. The van der Waals surface area contributed by atoms with Crippen LogP contribution in [-0.4, -0.2) is 48.3 Å². The van der Waals surface area contributed by atoms with Gasteiger partial charge in [-0.1, -0.05) is 42.5 Å². The number of hydrogen-bond acceptors (Lipinski definition) is 5. The second-order valence-electron chi connectivity index (χ2n) is 7.35. The summed E-state index contributed by atoms with van der Waals surface area (Å²) in [7, 11) is 0. The first-order valence-electron chi connectivity index (χ1n) is 10.4. The van der Waals surface area contributed by atoms with Gasteiger partial charge in [-0.3, -0.25) is 24.1 Å². The lowest BCUT2D eigenvalue weighted by atomic mass is 9.99. The van der Waals surface area contributed by atoms with E-state index < -0.39 is 5.92 Å². The van der Waals surface area contributed by atoms with E-state index in [4.69, 9.17) is 4.74 Å². The Bertz CT molecular complexity index is 922. The van der Waals surface area contributed by atoms with Crippen LogP contribution in [0.5, 0.6) is 0 Å². The van der Waals surface area contributed by atoms with Crippen LogP contribution in [0.4, 0.5) is 0 Å². The van der Waals surface area contributed by atoms with Crippen LogP contribution < -0.4 is 5.32 Å². The Morgan fingerprint density at radius 2 is 1.58 bits per heavy atom. The lowest BCUT2D eigenvalue weighted by Crippen LogP contribution is -2.36. The van der Waals surface area contributed by atoms with E-state index in [1.54, 1.807) is 31.2 Å². The second kappa shape index (κ2) is 10.5. The lowest BCUT2D eigenvalue weighted by molar-refractivity contribution is -0.147. The zero-order chi connectivity index (χ0) is 22.2. The van der Waals surface area contributed by atoms with Crippen molar-refractivity contribution in [1.82, 2.24) is 10.2 Å². The van der Waals surface area contributed by atoms with Gasteiger partial charge >= 0.3 is 5.97 Å². The van der Waals surface area contributed by atoms with Crippen LogP contribution in [0.1, 0.15) is 46.0 Å². The Hall–Kier alpha value is -3.48. The van der Waals surface area contributed by atoms with Crippen molar-refractivity contribution in [1.29, 1.82) is 0 Å². The number of amides is 3. The number of carbonyl (C=O) groups excluding carboxylic acids is 4. The first kappa shape index (κ1) is 22.2. The minimum Gasteiger partial charge on any atom is -0.466 e. The molecule has 0 spiro atoms. The minimum atomic E-state index is -0.484. The Labute approximate surface area is 181 Å². The summed E-state index contributed by atoms with van der Waals surface area (Å²) in [5, 5.41) is 2.78. The molecule has 0 bridgehead atoms. The van der Waals surface area contributed by atoms with Gasteiger partial charge in [-0.15, -0.1) is 0 Å². The monoisotopic (exact) mass is 422 g/mol. The fraction of sp³-hybridized carbons (Fsp3) is 0.333. The van der Waals surface area contributed by atoms with Crippen LogP contribution in [0.15, 0.2) is 54.6 Å². The Morgan fingerprint density at radius 1 is 0.968 bits per heavy atom. The molecule has 1 N–H and O–H groups in total. The Kier molecular flexibility index (Phi) is 7.54. The van der Waals surface area contributed by atoms with Crippen molar-refractivity contribution in [3.63, 3.8) is 0 Å². The van der Waals surface area contributed by atoms with Gasteiger partial charge in [0.1, 0.15) is 0 Å². The van der Waals surface area contributed by atoms with Crippen molar-refractivity contribution < 1.29 is 23.9 Å². The average molecular weight is 422 g/mol. The van der Waals surface area contributed by atoms with E-state index in [1.165, 1.54) is 4.90 Å². The molecule has 1 heterocycles.